The maximum absolute atomic E-state index is 13.0. The lowest BCUT2D eigenvalue weighted by atomic mass is 9.67. The Bertz CT molecular complexity index is 1100. The van der Waals surface area contributed by atoms with Crippen LogP contribution in [0.4, 0.5) is 4.79 Å². The normalized spacial score (nSPS) is 22.6. The number of nitrogens with zero attached hydrogens (tertiary/aromatic N) is 2. The average molecular weight is 462 g/mol. The second kappa shape index (κ2) is 9.79. The number of ether oxygens (including phenoxy) is 1. The first-order valence-electron chi connectivity index (χ1n) is 11.8. The standard InChI is InChI=1S/C27H31N3O4/c1-18(2)23-25(32)30(26(33)29-23)20-13-15-27(16-14-20,19-9-5-4-6-10-19)17-28-24(31)21-11-7-8-12-22(21)34-3/h4-12,18,20H,13-17H2,1-3H3,(H,28,31)/t20-,27+. The Kier molecular flexibility index (Phi) is 6.82. The fourth-order valence-corrected chi connectivity index (χ4v) is 5.06. The number of carbonyl (C=O) groups excluding carboxylic acids is 3. The van der Waals surface area contributed by atoms with Gasteiger partial charge in [0.2, 0.25) is 0 Å². The van der Waals surface area contributed by atoms with Crippen molar-refractivity contribution >= 4 is 23.6 Å². The number of imide groups is 1. The highest BCUT2D eigenvalue weighted by atomic mass is 16.5. The maximum Gasteiger partial charge on any atom is 0.351 e. The molecule has 0 spiro atoms. The van der Waals surface area contributed by atoms with Gasteiger partial charge in [0.1, 0.15) is 11.5 Å². The number of hydrogen-bond acceptors (Lipinski definition) is 4. The molecule has 1 fully saturated rings. The lowest BCUT2D eigenvalue weighted by molar-refractivity contribution is -0.123. The van der Waals surface area contributed by atoms with E-state index in [0.717, 1.165) is 18.4 Å². The van der Waals surface area contributed by atoms with Crippen molar-refractivity contribution in [1.29, 1.82) is 0 Å². The Morgan fingerprint density at radius 2 is 1.74 bits per heavy atom. The molecule has 0 atom stereocenters. The summed E-state index contributed by atoms with van der Waals surface area (Å²) < 4.78 is 5.34. The minimum absolute atomic E-state index is 0.0846. The third-order valence-electron chi connectivity index (χ3n) is 7.01. The molecule has 0 aromatic heterocycles. The molecule has 1 saturated carbocycles. The molecule has 34 heavy (non-hydrogen) atoms. The van der Waals surface area contributed by atoms with Gasteiger partial charge < -0.3 is 10.1 Å². The van der Waals surface area contributed by atoms with Gasteiger partial charge in [0.15, 0.2) is 0 Å². The quantitative estimate of drug-likeness (QED) is 0.663. The number of methoxy groups -OCH3 is 1. The van der Waals surface area contributed by atoms with E-state index >= 15 is 0 Å². The molecule has 2 aromatic carbocycles. The van der Waals surface area contributed by atoms with Crippen LogP contribution in [0.25, 0.3) is 0 Å². The number of rotatable bonds is 7. The van der Waals surface area contributed by atoms with Gasteiger partial charge in [0.05, 0.1) is 12.7 Å². The second-order valence-electron chi connectivity index (χ2n) is 9.37. The van der Waals surface area contributed by atoms with Crippen LogP contribution in [0.5, 0.6) is 5.75 Å². The van der Waals surface area contributed by atoms with Crippen LogP contribution < -0.4 is 10.1 Å². The van der Waals surface area contributed by atoms with Crippen LogP contribution in [0, 0.1) is 5.92 Å². The van der Waals surface area contributed by atoms with E-state index in [9.17, 15) is 14.4 Å². The summed E-state index contributed by atoms with van der Waals surface area (Å²) in [6.07, 6.45) is 2.81. The van der Waals surface area contributed by atoms with Crippen LogP contribution in [0.2, 0.25) is 0 Å². The van der Waals surface area contributed by atoms with Crippen molar-refractivity contribution in [3.05, 3.63) is 65.7 Å². The Morgan fingerprint density at radius 1 is 1.09 bits per heavy atom. The van der Waals surface area contributed by atoms with E-state index in [4.69, 9.17) is 4.74 Å². The van der Waals surface area contributed by atoms with E-state index in [1.165, 1.54) is 4.90 Å². The molecule has 1 N–H and O–H groups in total. The van der Waals surface area contributed by atoms with E-state index in [1.54, 1.807) is 19.2 Å². The fourth-order valence-electron chi connectivity index (χ4n) is 5.06. The van der Waals surface area contributed by atoms with Gasteiger partial charge in [0.25, 0.3) is 11.8 Å². The fraction of sp³-hybridized carbons (Fsp3) is 0.407. The van der Waals surface area contributed by atoms with Gasteiger partial charge in [-0.2, -0.15) is 4.99 Å². The Labute approximate surface area is 200 Å². The van der Waals surface area contributed by atoms with Crippen molar-refractivity contribution < 1.29 is 19.1 Å². The molecule has 0 unspecified atom stereocenters. The molecule has 7 heteroatoms. The van der Waals surface area contributed by atoms with Crippen molar-refractivity contribution in [3.8, 4) is 5.75 Å². The van der Waals surface area contributed by atoms with Gasteiger partial charge in [-0.3, -0.25) is 14.5 Å². The highest BCUT2D eigenvalue weighted by Crippen LogP contribution is 2.41. The molecule has 0 bridgehead atoms. The molecule has 1 aliphatic heterocycles. The molecule has 4 amide bonds. The summed E-state index contributed by atoms with van der Waals surface area (Å²) in [6.45, 7) is 4.20. The van der Waals surface area contributed by atoms with Crippen molar-refractivity contribution in [2.75, 3.05) is 13.7 Å². The zero-order valence-electron chi connectivity index (χ0n) is 19.9. The molecule has 0 saturated heterocycles. The minimum Gasteiger partial charge on any atom is -0.496 e. The van der Waals surface area contributed by atoms with Crippen LogP contribution in [-0.4, -0.2) is 48.2 Å². The Hall–Kier alpha value is -3.48. The highest BCUT2D eigenvalue weighted by molar-refractivity contribution is 6.46. The Balaban J connectivity index is 1.51. The van der Waals surface area contributed by atoms with Crippen molar-refractivity contribution in [2.45, 2.75) is 51.0 Å². The largest absolute Gasteiger partial charge is 0.496 e. The van der Waals surface area contributed by atoms with E-state index < -0.39 is 6.03 Å². The number of hydrogen-bond donors (Lipinski definition) is 1. The number of aliphatic imine (C=N–C) groups is 1. The first-order chi connectivity index (χ1) is 16.4. The third-order valence-corrected chi connectivity index (χ3v) is 7.01. The van der Waals surface area contributed by atoms with E-state index in [2.05, 4.69) is 22.4 Å². The lowest BCUT2D eigenvalue weighted by Gasteiger charge is -2.42. The number of urea groups is 1. The van der Waals surface area contributed by atoms with E-state index in [0.29, 0.717) is 36.4 Å². The summed E-state index contributed by atoms with van der Waals surface area (Å²) in [5, 5.41) is 3.12. The summed E-state index contributed by atoms with van der Waals surface area (Å²) in [5.74, 6) is -0.000403. The summed E-state index contributed by atoms with van der Waals surface area (Å²) in [4.78, 5) is 43.7. The molecule has 4 rings (SSSR count). The first-order valence-corrected chi connectivity index (χ1v) is 11.8. The van der Waals surface area contributed by atoms with Crippen LogP contribution in [0.1, 0.15) is 55.5 Å². The summed E-state index contributed by atoms with van der Waals surface area (Å²) in [7, 11) is 1.55. The number of nitrogens with one attached hydrogen (secondary N) is 1. The molecule has 1 heterocycles. The van der Waals surface area contributed by atoms with Crippen LogP contribution in [-0.2, 0) is 10.2 Å². The maximum atomic E-state index is 13.0. The molecule has 0 radical (unpaired) electrons. The summed E-state index contributed by atoms with van der Waals surface area (Å²) in [6, 6.07) is 16.7. The lowest BCUT2D eigenvalue weighted by Crippen LogP contribution is -2.49. The highest BCUT2D eigenvalue weighted by Gasteiger charge is 2.44. The van der Waals surface area contributed by atoms with Crippen molar-refractivity contribution in [1.82, 2.24) is 10.2 Å². The molecular formula is C27H31N3O4. The van der Waals surface area contributed by atoms with E-state index in [1.807, 2.05) is 44.2 Å². The number of carbonyl (C=O) groups is 3. The topological polar surface area (TPSA) is 88.1 Å². The third kappa shape index (κ3) is 4.47. The van der Waals surface area contributed by atoms with Crippen LogP contribution in [0.15, 0.2) is 59.6 Å². The predicted octanol–water partition coefficient (Wildman–Crippen LogP) is 4.36. The zero-order valence-corrected chi connectivity index (χ0v) is 19.9. The van der Waals surface area contributed by atoms with Crippen molar-refractivity contribution in [3.63, 3.8) is 0 Å². The molecule has 7 nitrogen and oxygen atoms in total. The monoisotopic (exact) mass is 461 g/mol. The van der Waals surface area contributed by atoms with Crippen molar-refractivity contribution in [2.24, 2.45) is 10.9 Å². The number of amides is 4. The van der Waals surface area contributed by atoms with E-state index in [-0.39, 0.29) is 29.2 Å². The molecule has 178 valence electrons. The molecular weight excluding hydrogens is 430 g/mol. The zero-order chi connectivity index (χ0) is 24.3. The van der Waals surface area contributed by atoms with Crippen LogP contribution >= 0.6 is 0 Å². The smallest absolute Gasteiger partial charge is 0.351 e. The number of benzene rings is 2. The minimum atomic E-state index is -0.449. The van der Waals surface area contributed by atoms with Gasteiger partial charge >= 0.3 is 6.03 Å². The molecule has 2 aromatic rings. The first kappa shape index (κ1) is 23.7. The molecule has 1 aliphatic carbocycles. The molecule has 2 aliphatic rings. The van der Waals surface area contributed by atoms with Gasteiger partial charge in [-0.1, -0.05) is 56.3 Å². The van der Waals surface area contributed by atoms with Gasteiger partial charge in [-0.05, 0) is 43.4 Å². The van der Waals surface area contributed by atoms with Gasteiger partial charge in [-0.25, -0.2) is 4.79 Å². The second-order valence-corrected chi connectivity index (χ2v) is 9.37. The van der Waals surface area contributed by atoms with Gasteiger partial charge in [0, 0.05) is 23.9 Å². The predicted molar refractivity (Wildman–Crippen MR) is 130 cm³/mol. The summed E-state index contributed by atoms with van der Waals surface area (Å²) in [5.41, 5.74) is 1.69. The summed E-state index contributed by atoms with van der Waals surface area (Å²) >= 11 is 0. The van der Waals surface area contributed by atoms with Gasteiger partial charge in [-0.15, -0.1) is 0 Å². The SMILES string of the molecule is COc1ccccc1C(=O)NC[C@]1(c2ccccc2)CC[C@@H](N2C(=O)N=C(C(C)C)C2=O)CC1. The Morgan fingerprint density at radius 3 is 2.35 bits per heavy atom. The number of para-hydroxylation sites is 1. The average Bonchev–Trinajstić information content (AvgIpc) is 3.17. The van der Waals surface area contributed by atoms with Crippen LogP contribution in [0.3, 0.4) is 0 Å².